The first kappa shape index (κ1) is 9.75. The van der Waals surface area contributed by atoms with Crippen molar-refractivity contribution in [3.05, 3.63) is 12.7 Å². The molecule has 2 saturated carbocycles. The van der Waals surface area contributed by atoms with E-state index in [2.05, 4.69) is 13.5 Å². The fourth-order valence-corrected chi connectivity index (χ4v) is 3.27. The summed E-state index contributed by atoms with van der Waals surface area (Å²) in [6.45, 7) is 5.58. The molecular weight excluding hydrogens is 176 g/mol. The van der Waals surface area contributed by atoms with Crippen LogP contribution in [0, 0.1) is 11.8 Å². The molecule has 78 valence electrons. The van der Waals surface area contributed by atoms with Gasteiger partial charge in [0, 0.05) is 6.08 Å². The number of hydrogen-bond acceptors (Lipinski definition) is 2. The number of ether oxygens (including phenoxy) is 1. The Labute approximate surface area is 85.3 Å². The van der Waals surface area contributed by atoms with Crippen LogP contribution in [0.2, 0.25) is 0 Å². The fraction of sp³-hybridized carbons (Fsp3) is 0.750. The molecule has 0 aromatic rings. The summed E-state index contributed by atoms with van der Waals surface area (Å²) in [7, 11) is 0. The second kappa shape index (κ2) is 3.41. The van der Waals surface area contributed by atoms with E-state index in [1.54, 1.807) is 0 Å². The highest BCUT2D eigenvalue weighted by Crippen LogP contribution is 2.54. The van der Waals surface area contributed by atoms with Gasteiger partial charge in [0.15, 0.2) is 0 Å². The topological polar surface area (TPSA) is 26.3 Å². The van der Waals surface area contributed by atoms with Crippen molar-refractivity contribution < 1.29 is 9.53 Å². The molecule has 14 heavy (non-hydrogen) atoms. The smallest absolute Gasteiger partial charge is 0.330 e. The minimum absolute atomic E-state index is 0.145. The van der Waals surface area contributed by atoms with Gasteiger partial charge in [-0.25, -0.2) is 4.79 Å². The predicted molar refractivity (Wildman–Crippen MR) is 54.8 cm³/mol. The van der Waals surface area contributed by atoms with Crippen molar-refractivity contribution >= 4 is 5.97 Å². The van der Waals surface area contributed by atoms with Crippen molar-refractivity contribution in [2.24, 2.45) is 11.8 Å². The molecule has 2 aliphatic carbocycles. The van der Waals surface area contributed by atoms with Crippen LogP contribution in [0.1, 0.15) is 39.0 Å². The Morgan fingerprint density at radius 1 is 1.64 bits per heavy atom. The molecule has 2 rings (SSSR count). The molecule has 0 heterocycles. The van der Waals surface area contributed by atoms with Crippen LogP contribution in [0.15, 0.2) is 12.7 Å². The highest BCUT2D eigenvalue weighted by atomic mass is 16.6. The molecule has 2 nitrogen and oxygen atoms in total. The fourth-order valence-electron chi connectivity index (χ4n) is 3.27. The number of hydrogen-bond donors (Lipinski definition) is 0. The molecule has 3 unspecified atom stereocenters. The predicted octanol–water partition coefficient (Wildman–Crippen LogP) is 2.68. The maximum atomic E-state index is 11.3. The van der Waals surface area contributed by atoms with Gasteiger partial charge in [0.05, 0.1) is 0 Å². The standard InChI is InChI=1S/C12H18O2/c1-3-11(13)14-12(4-2)8-9-5-6-10(12)7-9/h3,9-10H,1,4-8H2,2H3. The lowest BCUT2D eigenvalue weighted by Crippen LogP contribution is -2.39. The Balaban J connectivity index is 2.11. The normalized spacial score (nSPS) is 39.8. The summed E-state index contributed by atoms with van der Waals surface area (Å²) in [5.74, 6) is 1.17. The first-order chi connectivity index (χ1) is 6.70. The zero-order valence-electron chi connectivity index (χ0n) is 8.79. The Hall–Kier alpha value is -0.790. The summed E-state index contributed by atoms with van der Waals surface area (Å²) in [4.78, 5) is 11.3. The van der Waals surface area contributed by atoms with Gasteiger partial charge in [-0.15, -0.1) is 0 Å². The molecular formula is C12H18O2. The molecule has 0 amide bonds. The van der Waals surface area contributed by atoms with Crippen molar-refractivity contribution in [2.45, 2.75) is 44.6 Å². The summed E-state index contributed by atoms with van der Waals surface area (Å²) in [6.07, 6.45) is 7.14. The number of carbonyl (C=O) groups is 1. The van der Waals surface area contributed by atoms with Crippen LogP contribution < -0.4 is 0 Å². The maximum Gasteiger partial charge on any atom is 0.330 e. The number of fused-ring (bicyclic) bond motifs is 2. The van der Waals surface area contributed by atoms with Crippen LogP contribution in [0.5, 0.6) is 0 Å². The lowest BCUT2D eigenvalue weighted by atomic mass is 9.82. The van der Waals surface area contributed by atoms with Crippen LogP contribution in [0.25, 0.3) is 0 Å². The van der Waals surface area contributed by atoms with E-state index in [1.807, 2.05) is 0 Å². The quantitative estimate of drug-likeness (QED) is 0.510. The van der Waals surface area contributed by atoms with Crippen molar-refractivity contribution in [2.75, 3.05) is 0 Å². The monoisotopic (exact) mass is 194 g/mol. The van der Waals surface area contributed by atoms with Gasteiger partial charge in [-0.05, 0) is 43.9 Å². The van der Waals surface area contributed by atoms with Crippen LogP contribution >= 0.6 is 0 Å². The molecule has 0 saturated heterocycles. The Morgan fingerprint density at radius 2 is 2.43 bits per heavy atom. The Kier molecular flexibility index (Phi) is 2.38. The summed E-state index contributed by atoms with van der Waals surface area (Å²) in [6, 6.07) is 0. The second-order valence-corrected chi connectivity index (χ2v) is 4.62. The molecule has 0 aliphatic heterocycles. The van der Waals surface area contributed by atoms with E-state index in [9.17, 15) is 4.79 Å². The average molecular weight is 194 g/mol. The SMILES string of the molecule is C=CC(=O)OC1(CC)CC2CCC1C2. The molecule has 0 aromatic heterocycles. The summed E-state index contributed by atoms with van der Waals surface area (Å²) in [5.41, 5.74) is -0.145. The third kappa shape index (κ3) is 1.37. The number of carbonyl (C=O) groups excluding carboxylic acids is 1. The Bertz CT molecular complexity index is 259. The molecule has 2 aliphatic rings. The minimum atomic E-state index is -0.251. The van der Waals surface area contributed by atoms with Gasteiger partial charge in [-0.1, -0.05) is 13.5 Å². The number of esters is 1. The molecule has 0 aromatic carbocycles. The van der Waals surface area contributed by atoms with Gasteiger partial charge in [-0.2, -0.15) is 0 Å². The molecule has 2 fully saturated rings. The highest BCUT2D eigenvalue weighted by molar-refractivity contribution is 5.81. The first-order valence-electron chi connectivity index (χ1n) is 5.55. The van der Waals surface area contributed by atoms with Gasteiger partial charge in [0.2, 0.25) is 0 Å². The van der Waals surface area contributed by atoms with E-state index in [1.165, 1.54) is 25.3 Å². The van der Waals surface area contributed by atoms with Gasteiger partial charge < -0.3 is 4.74 Å². The summed E-state index contributed by atoms with van der Waals surface area (Å²) >= 11 is 0. The van der Waals surface area contributed by atoms with Gasteiger partial charge in [-0.3, -0.25) is 0 Å². The van der Waals surface area contributed by atoms with Crippen molar-refractivity contribution in [3.8, 4) is 0 Å². The molecule has 3 atom stereocenters. The number of rotatable bonds is 3. The van der Waals surface area contributed by atoms with E-state index >= 15 is 0 Å². The summed E-state index contributed by atoms with van der Waals surface area (Å²) in [5, 5.41) is 0. The summed E-state index contributed by atoms with van der Waals surface area (Å²) < 4.78 is 5.57. The van der Waals surface area contributed by atoms with E-state index < -0.39 is 0 Å². The molecule has 0 N–H and O–H groups in total. The average Bonchev–Trinajstić information content (AvgIpc) is 2.77. The van der Waals surface area contributed by atoms with Crippen LogP contribution in [-0.4, -0.2) is 11.6 Å². The van der Waals surface area contributed by atoms with E-state index in [0.29, 0.717) is 5.92 Å². The van der Waals surface area contributed by atoms with Crippen molar-refractivity contribution in [1.29, 1.82) is 0 Å². The molecule has 2 heteroatoms. The van der Waals surface area contributed by atoms with E-state index in [-0.39, 0.29) is 11.6 Å². The highest BCUT2D eigenvalue weighted by Gasteiger charge is 2.52. The second-order valence-electron chi connectivity index (χ2n) is 4.62. The minimum Gasteiger partial charge on any atom is -0.456 e. The van der Waals surface area contributed by atoms with Crippen molar-refractivity contribution in [1.82, 2.24) is 0 Å². The maximum absolute atomic E-state index is 11.3. The van der Waals surface area contributed by atoms with E-state index in [0.717, 1.165) is 18.8 Å². The first-order valence-corrected chi connectivity index (χ1v) is 5.55. The van der Waals surface area contributed by atoms with Crippen LogP contribution in [0.4, 0.5) is 0 Å². The van der Waals surface area contributed by atoms with Crippen LogP contribution in [-0.2, 0) is 9.53 Å². The molecule has 2 bridgehead atoms. The van der Waals surface area contributed by atoms with Gasteiger partial charge in [0.25, 0.3) is 0 Å². The lowest BCUT2D eigenvalue weighted by Gasteiger charge is -2.36. The lowest BCUT2D eigenvalue weighted by molar-refractivity contribution is -0.160. The molecule has 0 spiro atoms. The zero-order chi connectivity index (χ0) is 10.2. The van der Waals surface area contributed by atoms with Crippen molar-refractivity contribution in [3.63, 3.8) is 0 Å². The largest absolute Gasteiger partial charge is 0.456 e. The van der Waals surface area contributed by atoms with E-state index in [4.69, 9.17) is 4.74 Å². The third-order valence-corrected chi connectivity index (χ3v) is 3.99. The zero-order valence-corrected chi connectivity index (χ0v) is 8.79. The van der Waals surface area contributed by atoms with Gasteiger partial charge >= 0.3 is 5.97 Å². The molecule has 0 radical (unpaired) electrons. The third-order valence-electron chi connectivity index (χ3n) is 3.99. The van der Waals surface area contributed by atoms with Crippen LogP contribution in [0.3, 0.4) is 0 Å². The van der Waals surface area contributed by atoms with Gasteiger partial charge in [0.1, 0.15) is 5.60 Å². The Morgan fingerprint density at radius 3 is 2.86 bits per heavy atom.